The van der Waals surface area contributed by atoms with Crippen LogP contribution in [0.3, 0.4) is 0 Å². The van der Waals surface area contributed by atoms with Crippen molar-refractivity contribution in [1.29, 1.82) is 0 Å². The Labute approximate surface area is 109 Å². The normalized spacial score (nSPS) is 27.8. The van der Waals surface area contributed by atoms with Gasteiger partial charge in [0.25, 0.3) is 0 Å². The summed E-state index contributed by atoms with van der Waals surface area (Å²) in [7, 11) is 0. The predicted octanol–water partition coefficient (Wildman–Crippen LogP) is 0.522. The van der Waals surface area contributed by atoms with Crippen LogP contribution in [0.15, 0.2) is 0 Å². The van der Waals surface area contributed by atoms with Crippen molar-refractivity contribution < 1.29 is 9.59 Å². The van der Waals surface area contributed by atoms with Crippen LogP contribution in [0.2, 0.25) is 0 Å². The SMILES string of the molecule is CC1CCCC(C(=O)NCCCCC(N)=O)C1N. The second-order valence-corrected chi connectivity index (χ2v) is 5.31. The van der Waals surface area contributed by atoms with E-state index in [1.807, 2.05) is 0 Å². The molecule has 3 unspecified atom stereocenters. The maximum Gasteiger partial charge on any atom is 0.224 e. The fraction of sp³-hybridized carbons (Fsp3) is 0.846. The smallest absolute Gasteiger partial charge is 0.224 e. The van der Waals surface area contributed by atoms with E-state index in [0.717, 1.165) is 32.1 Å². The van der Waals surface area contributed by atoms with Gasteiger partial charge >= 0.3 is 0 Å². The molecule has 1 fully saturated rings. The summed E-state index contributed by atoms with van der Waals surface area (Å²) >= 11 is 0. The second-order valence-electron chi connectivity index (χ2n) is 5.31. The lowest BCUT2D eigenvalue weighted by atomic mass is 9.78. The van der Waals surface area contributed by atoms with Crippen LogP contribution in [0.4, 0.5) is 0 Å². The van der Waals surface area contributed by atoms with E-state index in [2.05, 4.69) is 12.2 Å². The summed E-state index contributed by atoms with van der Waals surface area (Å²) in [5.74, 6) is 0.145. The number of hydrogen-bond acceptors (Lipinski definition) is 3. The minimum Gasteiger partial charge on any atom is -0.370 e. The topological polar surface area (TPSA) is 98.2 Å². The molecule has 2 amide bonds. The molecular weight excluding hydrogens is 230 g/mol. The molecule has 0 aromatic carbocycles. The molecule has 5 heteroatoms. The molecular formula is C13H25N3O2. The van der Waals surface area contributed by atoms with Gasteiger partial charge in [0, 0.05) is 19.0 Å². The summed E-state index contributed by atoms with van der Waals surface area (Å²) in [6, 6.07) is -0.0237. The van der Waals surface area contributed by atoms with E-state index >= 15 is 0 Å². The van der Waals surface area contributed by atoms with Gasteiger partial charge in [-0.15, -0.1) is 0 Å². The van der Waals surface area contributed by atoms with Gasteiger partial charge in [0.15, 0.2) is 0 Å². The van der Waals surface area contributed by atoms with Crippen LogP contribution in [0.5, 0.6) is 0 Å². The third-order valence-electron chi connectivity index (χ3n) is 3.78. The van der Waals surface area contributed by atoms with Crippen molar-refractivity contribution in [2.45, 2.75) is 51.5 Å². The molecule has 1 aliphatic carbocycles. The molecule has 0 heterocycles. The van der Waals surface area contributed by atoms with Crippen molar-refractivity contribution in [2.75, 3.05) is 6.54 Å². The average Bonchev–Trinajstić information content (AvgIpc) is 2.31. The number of rotatable bonds is 6. The summed E-state index contributed by atoms with van der Waals surface area (Å²) in [6.45, 7) is 2.71. The van der Waals surface area contributed by atoms with E-state index in [9.17, 15) is 9.59 Å². The van der Waals surface area contributed by atoms with E-state index in [-0.39, 0.29) is 23.8 Å². The number of primary amides is 1. The molecule has 104 valence electrons. The Balaban J connectivity index is 2.21. The molecule has 0 aromatic heterocycles. The van der Waals surface area contributed by atoms with Crippen LogP contribution in [-0.2, 0) is 9.59 Å². The Morgan fingerprint density at radius 3 is 2.67 bits per heavy atom. The first-order chi connectivity index (χ1) is 8.52. The van der Waals surface area contributed by atoms with Crippen LogP contribution in [-0.4, -0.2) is 24.4 Å². The van der Waals surface area contributed by atoms with Gasteiger partial charge in [0.05, 0.1) is 5.92 Å². The number of carbonyl (C=O) groups excluding carboxylic acids is 2. The average molecular weight is 255 g/mol. The molecule has 0 spiro atoms. The van der Waals surface area contributed by atoms with Crippen LogP contribution in [0.1, 0.15) is 45.4 Å². The lowest BCUT2D eigenvalue weighted by molar-refractivity contribution is -0.127. The Morgan fingerprint density at radius 2 is 2.00 bits per heavy atom. The molecule has 3 atom stereocenters. The number of nitrogens with one attached hydrogen (secondary N) is 1. The fourth-order valence-electron chi connectivity index (χ4n) is 2.51. The summed E-state index contributed by atoms with van der Waals surface area (Å²) < 4.78 is 0. The highest BCUT2D eigenvalue weighted by molar-refractivity contribution is 5.79. The molecule has 0 saturated heterocycles. The van der Waals surface area contributed by atoms with Crippen LogP contribution in [0, 0.1) is 11.8 Å². The Morgan fingerprint density at radius 1 is 1.28 bits per heavy atom. The van der Waals surface area contributed by atoms with Gasteiger partial charge in [0.2, 0.25) is 11.8 Å². The quantitative estimate of drug-likeness (QED) is 0.603. The number of amides is 2. The monoisotopic (exact) mass is 255 g/mol. The van der Waals surface area contributed by atoms with Crippen molar-refractivity contribution in [3.05, 3.63) is 0 Å². The zero-order valence-electron chi connectivity index (χ0n) is 11.2. The maximum atomic E-state index is 12.0. The summed E-state index contributed by atoms with van der Waals surface area (Å²) in [5.41, 5.74) is 11.1. The predicted molar refractivity (Wildman–Crippen MR) is 70.5 cm³/mol. The first-order valence-corrected chi connectivity index (χ1v) is 6.84. The van der Waals surface area contributed by atoms with E-state index in [1.54, 1.807) is 0 Å². The number of unbranched alkanes of at least 4 members (excludes halogenated alkanes) is 1. The third-order valence-corrected chi connectivity index (χ3v) is 3.78. The highest BCUT2D eigenvalue weighted by Crippen LogP contribution is 2.27. The van der Waals surface area contributed by atoms with Gasteiger partial charge in [-0.05, 0) is 31.6 Å². The van der Waals surface area contributed by atoms with Crippen molar-refractivity contribution in [1.82, 2.24) is 5.32 Å². The number of hydrogen-bond donors (Lipinski definition) is 3. The number of nitrogens with two attached hydrogens (primary N) is 2. The Kier molecular flexibility index (Phi) is 6.12. The molecule has 0 aliphatic heterocycles. The highest BCUT2D eigenvalue weighted by Gasteiger charge is 2.32. The first-order valence-electron chi connectivity index (χ1n) is 6.84. The molecule has 1 aliphatic rings. The molecule has 18 heavy (non-hydrogen) atoms. The maximum absolute atomic E-state index is 12.0. The van der Waals surface area contributed by atoms with E-state index in [4.69, 9.17) is 11.5 Å². The standard InChI is InChI=1S/C13H25N3O2/c1-9-5-4-6-10(12(9)15)13(18)16-8-3-2-7-11(14)17/h9-10,12H,2-8,15H2,1H3,(H2,14,17)(H,16,18). The van der Waals surface area contributed by atoms with Gasteiger partial charge in [0.1, 0.15) is 0 Å². The Hall–Kier alpha value is -1.10. The first kappa shape index (κ1) is 15.0. The molecule has 5 nitrogen and oxygen atoms in total. The van der Waals surface area contributed by atoms with Crippen LogP contribution < -0.4 is 16.8 Å². The van der Waals surface area contributed by atoms with Gasteiger partial charge < -0.3 is 16.8 Å². The lowest BCUT2D eigenvalue weighted by Gasteiger charge is -2.32. The molecule has 0 bridgehead atoms. The van der Waals surface area contributed by atoms with E-state index in [1.165, 1.54) is 0 Å². The fourth-order valence-corrected chi connectivity index (χ4v) is 2.51. The van der Waals surface area contributed by atoms with Gasteiger partial charge in [-0.1, -0.05) is 13.3 Å². The van der Waals surface area contributed by atoms with Crippen molar-refractivity contribution in [3.8, 4) is 0 Å². The summed E-state index contributed by atoms with van der Waals surface area (Å²) in [6.07, 6.45) is 4.97. The highest BCUT2D eigenvalue weighted by atomic mass is 16.2. The molecule has 1 rings (SSSR count). The summed E-state index contributed by atoms with van der Waals surface area (Å²) in [4.78, 5) is 22.5. The van der Waals surface area contributed by atoms with Crippen molar-refractivity contribution >= 4 is 11.8 Å². The van der Waals surface area contributed by atoms with Crippen LogP contribution in [0.25, 0.3) is 0 Å². The molecule has 0 radical (unpaired) electrons. The van der Waals surface area contributed by atoms with Crippen LogP contribution >= 0.6 is 0 Å². The molecule has 0 aromatic rings. The van der Waals surface area contributed by atoms with Crippen molar-refractivity contribution in [2.24, 2.45) is 23.3 Å². The largest absolute Gasteiger partial charge is 0.370 e. The zero-order valence-corrected chi connectivity index (χ0v) is 11.2. The lowest BCUT2D eigenvalue weighted by Crippen LogP contribution is -2.47. The zero-order chi connectivity index (χ0) is 13.5. The van der Waals surface area contributed by atoms with E-state index in [0.29, 0.717) is 18.9 Å². The van der Waals surface area contributed by atoms with E-state index < -0.39 is 0 Å². The molecule has 5 N–H and O–H groups in total. The third kappa shape index (κ3) is 4.64. The summed E-state index contributed by atoms with van der Waals surface area (Å²) in [5, 5.41) is 2.91. The van der Waals surface area contributed by atoms with Gasteiger partial charge in [-0.25, -0.2) is 0 Å². The van der Waals surface area contributed by atoms with Gasteiger partial charge in [-0.3, -0.25) is 9.59 Å². The minimum atomic E-state index is -0.288. The Bertz CT molecular complexity index is 294. The van der Waals surface area contributed by atoms with Gasteiger partial charge in [-0.2, -0.15) is 0 Å². The number of carbonyl (C=O) groups is 2. The second kappa shape index (κ2) is 7.36. The van der Waals surface area contributed by atoms with Crippen molar-refractivity contribution in [3.63, 3.8) is 0 Å². The molecule has 1 saturated carbocycles. The minimum absolute atomic E-state index is 0.0237.